The van der Waals surface area contributed by atoms with Gasteiger partial charge >= 0.3 is 0 Å². The average molecular weight is 406 g/mol. The van der Waals surface area contributed by atoms with E-state index in [1.165, 1.54) is 5.69 Å². The quantitative estimate of drug-likeness (QED) is 0.463. The molecule has 1 N–H and O–H groups in total. The first-order valence-electron chi connectivity index (χ1n) is 7.42. The molecule has 1 aliphatic heterocycles. The van der Waals surface area contributed by atoms with Gasteiger partial charge in [-0.3, -0.25) is 4.99 Å². The highest BCUT2D eigenvalue weighted by atomic mass is 127. The van der Waals surface area contributed by atoms with Crippen molar-refractivity contribution in [3.63, 3.8) is 0 Å². The van der Waals surface area contributed by atoms with Crippen LogP contribution < -0.4 is 5.32 Å². The first kappa shape index (κ1) is 18.3. The summed E-state index contributed by atoms with van der Waals surface area (Å²) in [6.07, 6.45) is 4.66. The van der Waals surface area contributed by atoms with Crippen LogP contribution in [0.25, 0.3) is 0 Å². The number of nitrogens with one attached hydrogen (secondary N) is 1. The van der Waals surface area contributed by atoms with Crippen molar-refractivity contribution in [2.24, 2.45) is 12.0 Å². The molecular formula is C15H27IN4O. The lowest BCUT2D eigenvalue weighted by atomic mass is 10.2. The first-order chi connectivity index (χ1) is 9.70. The van der Waals surface area contributed by atoms with Gasteiger partial charge in [0.05, 0.1) is 19.2 Å². The molecule has 0 radical (unpaired) electrons. The molecule has 1 aromatic rings. The Hall–Kier alpha value is -0.760. The second kappa shape index (κ2) is 9.30. The molecule has 0 amide bonds. The number of aliphatic imine (C=N–C) groups is 1. The molecule has 0 aromatic carbocycles. The Morgan fingerprint density at radius 2 is 2.38 bits per heavy atom. The van der Waals surface area contributed by atoms with Gasteiger partial charge in [0.25, 0.3) is 0 Å². The van der Waals surface area contributed by atoms with E-state index in [4.69, 9.17) is 9.73 Å². The zero-order valence-corrected chi connectivity index (χ0v) is 15.5. The summed E-state index contributed by atoms with van der Waals surface area (Å²) in [5, 5.41) is 3.35. The summed E-state index contributed by atoms with van der Waals surface area (Å²) in [5.74, 6) is 0.948. The average Bonchev–Trinajstić information content (AvgIpc) is 3.07. The Morgan fingerprint density at radius 1 is 1.57 bits per heavy atom. The molecule has 2 heterocycles. The third-order valence-corrected chi connectivity index (χ3v) is 3.62. The molecule has 1 atom stereocenters. The maximum absolute atomic E-state index is 5.63. The third-order valence-electron chi connectivity index (χ3n) is 3.62. The van der Waals surface area contributed by atoms with E-state index < -0.39 is 0 Å². The number of hydrogen-bond donors (Lipinski definition) is 1. The number of halogens is 1. The van der Waals surface area contributed by atoms with Gasteiger partial charge in [-0.15, -0.1) is 24.0 Å². The fourth-order valence-corrected chi connectivity index (χ4v) is 2.42. The van der Waals surface area contributed by atoms with Gasteiger partial charge < -0.3 is 19.5 Å². The van der Waals surface area contributed by atoms with Gasteiger partial charge in [-0.25, -0.2) is 0 Å². The highest BCUT2D eigenvalue weighted by molar-refractivity contribution is 14.0. The molecule has 1 fully saturated rings. The standard InChI is InChI=1S/C15H26N4O.HI/c1-4-16-15(17-11-14-8-6-10-20-14)19(3)12-13-7-5-9-18(13)2;/h5,7,9,14H,4,6,8,10-12H2,1-3H3,(H,16,17);1H. The predicted octanol–water partition coefficient (Wildman–Crippen LogP) is 2.22. The first-order valence-corrected chi connectivity index (χ1v) is 7.42. The van der Waals surface area contributed by atoms with E-state index in [9.17, 15) is 0 Å². The molecule has 6 heteroatoms. The topological polar surface area (TPSA) is 41.8 Å². The van der Waals surface area contributed by atoms with E-state index in [0.29, 0.717) is 6.10 Å². The van der Waals surface area contributed by atoms with Crippen molar-refractivity contribution in [1.29, 1.82) is 0 Å². The zero-order valence-electron chi connectivity index (χ0n) is 13.2. The molecule has 1 saturated heterocycles. The van der Waals surface area contributed by atoms with Gasteiger partial charge in [0.1, 0.15) is 0 Å². The van der Waals surface area contributed by atoms with Crippen LogP contribution >= 0.6 is 24.0 Å². The summed E-state index contributed by atoms with van der Waals surface area (Å²) in [6.45, 7) is 5.45. The summed E-state index contributed by atoms with van der Waals surface area (Å²) >= 11 is 0. The Kier molecular flexibility index (Phi) is 8.10. The van der Waals surface area contributed by atoms with Crippen molar-refractivity contribution in [3.05, 3.63) is 24.0 Å². The number of ether oxygens (including phenoxy) is 1. The van der Waals surface area contributed by atoms with Crippen LogP contribution in [-0.2, 0) is 18.3 Å². The lowest BCUT2D eigenvalue weighted by Crippen LogP contribution is -2.39. The molecule has 0 aliphatic carbocycles. The van der Waals surface area contributed by atoms with Crippen molar-refractivity contribution in [3.8, 4) is 0 Å². The molecule has 21 heavy (non-hydrogen) atoms. The van der Waals surface area contributed by atoms with Gasteiger partial charge in [-0.1, -0.05) is 0 Å². The fourth-order valence-electron chi connectivity index (χ4n) is 2.42. The van der Waals surface area contributed by atoms with E-state index in [1.807, 2.05) is 0 Å². The minimum atomic E-state index is 0. The second-order valence-electron chi connectivity index (χ2n) is 5.30. The number of hydrogen-bond acceptors (Lipinski definition) is 2. The molecule has 5 nitrogen and oxygen atoms in total. The molecule has 1 aliphatic rings. The maximum Gasteiger partial charge on any atom is 0.194 e. The SMILES string of the molecule is CCNC(=NCC1CCCO1)N(C)Cc1cccn1C.I. The third kappa shape index (κ3) is 5.50. The van der Waals surface area contributed by atoms with Crippen molar-refractivity contribution >= 4 is 29.9 Å². The Bertz CT molecular complexity index is 441. The zero-order chi connectivity index (χ0) is 14.4. The van der Waals surface area contributed by atoms with Crippen LogP contribution in [0.15, 0.2) is 23.3 Å². The van der Waals surface area contributed by atoms with Gasteiger partial charge in [-0.05, 0) is 31.9 Å². The van der Waals surface area contributed by atoms with E-state index in [2.05, 4.69) is 54.1 Å². The Morgan fingerprint density at radius 3 is 2.95 bits per heavy atom. The number of nitrogens with zero attached hydrogens (tertiary/aromatic N) is 3. The number of rotatable bonds is 5. The summed E-state index contributed by atoms with van der Waals surface area (Å²) in [7, 11) is 4.14. The lowest BCUT2D eigenvalue weighted by molar-refractivity contribution is 0.117. The molecular weight excluding hydrogens is 379 g/mol. The highest BCUT2D eigenvalue weighted by Gasteiger charge is 2.16. The Balaban J connectivity index is 0.00000220. The van der Waals surface area contributed by atoms with Crippen LogP contribution in [0.5, 0.6) is 0 Å². The van der Waals surface area contributed by atoms with Crippen LogP contribution in [0.4, 0.5) is 0 Å². The molecule has 1 unspecified atom stereocenters. The molecule has 1 aromatic heterocycles. The molecule has 0 spiro atoms. The highest BCUT2D eigenvalue weighted by Crippen LogP contribution is 2.12. The second-order valence-corrected chi connectivity index (χ2v) is 5.30. The van der Waals surface area contributed by atoms with Crippen molar-refractivity contribution in [2.75, 3.05) is 26.7 Å². The fraction of sp³-hybridized carbons (Fsp3) is 0.667. The molecule has 2 rings (SSSR count). The van der Waals surface area contributed by atoms with Crippen molar-refractivity contribution in [2.45, 2.75) is 32.4 Å². The number of aromatic nitrogens is 1. The van der Waals surface area contributed by atoms with Crippen LogP contribution in [0.1, 0.15) is 25.5 Å². The molecule has 120 valence electrons. The monoisotopic (exact) mass is 406 g/mol. The summed E-state index contributed by atoms with van der Waals surface area (Å²) in [4.78, 5) is 6.86. The van der Waals surface area contributed by atoms with E-state index in [1.54, 1.807) is 0 Å². The molecule has 0 saturated carbocycles. The van der Waals surface area contributed by atoms with Crippen LogP contribution in [-0.4, -0.2) is 48.3 Å². The largest absolute Gasteiger partial charge is 0.376 e. The van der Waals surface area contributed by atoms with Crippen LogP contribution in [0.2, 0.25) is 0 Å². The summed E-state index contributed by atoms with van der Waals surface area (Å²) in [5.41, 5.74) is 1.27. The van der Waals surface area contributed by atoms with E-state index in [0.717, 1.165) is 45.0 Å². The smallest absolute Gasteiger partial charge is 0.194 e. The van der Waals surface area contributed by atoms with Gasteiger partial charge in [0, 0.05) is 39.1 Å². The summed E-state index contributed by atoms with van der Waals surface area (Å²) < 4.78 is 7.77. The normalized spacial score (nSPS) is 18.4. The number of guanidine groups is 1. The van der Waals surface area contributed by atoms with Crippen molar-refractivity contribution < 1.29 is 4.74 Å². The van der Waals surface area contributed by atoms with E-state index >= 15 is 0 Å². The minimum absolute atomic E-state index is 0. The Labute approximate surface area is 144 Å². The van der Waals surface area contributed by atoms with Crippen LogP contribution in [0, 0.1) is 0 Å². The van der Waals surface area contributed by atoms with Crippen molar-refractivity contribution in [1.82, 2.24) is 14.8 Å². The lowest BCUT2D eigenvalue weighted by Gasteiger charge is -2.22. The van der Waals surface area contributed by atoms with E-state index in [-0.39, 0.29) is 24.0 Å². The summed E-state index contributed by atoms with van der Waals surface area (Å²) in [6, 6.07) is 4.21. The van der Waals surface area contributed by atoms with Gasteiger partial charge in [0.15, 0.2) is 5.96 Å². The molecule has 0 bridgehead atoms. The minimum Gasteiger partial charge on any atom is -0.376 e. The van der Waals surface area contributed by atoms with Gasteiger partial charge in [0.2, 0.25) is 0 Å². The number of aryl methyl sites for hydroxylation is 1. The van der Waals surface area contributed by atoms with Crippen LogP contribution in [0.3, 0.4) is 0 Å². The van der Waals surface area contributed by atoms with Gasteiger partial charge in [-0.2, -0.15) is 0 Å². The predicted molar refractivity (Wildman–Crippen MR) is 97.2 cm³/mol. The maximum atomic E-state index is 5.63.